The molecule has 0 spiro atoms. The number of hydrogen-bond acceptors (Lipinski definition) is 4. The van der Waals surface area contributed by atoms with Crippen molar-refractivity contribution in [1.82, 2.24) is 19.9 Å². The van der Waals surface area contributed by atoms with Crippen molar-refractivity contribution in [2.45, 2.75) is 0 Å². The predicted octanol–water partition coefficient (Wildman–Crippen LogP) is 3.03. The van der Waals surface area contributed by atoms with Crippen LogP contribution in [0.15, 0.2) is 48.8 Å². The summed E-state index contributed by atoms with van der Waals surface area (Å²) in [5.74, 6) is 1.52. The third-order valence-corrected chi connectivity index (χ3v) is 4.58. The molecular formula is C19H20FN5. The van der Waals surface area contributed by atoms with E-state index in [9.17, 15) is 4.39 Å². The molecule has 1 aliphatic rings. The van der Waals surface area contributed by atoms with Gasteiger partial charge in [-0.2, -0.15) is 0 Å². The maximum absolute atomic E-state index is 13.0. The number of halogens is 1. The van der Waals surface area contributed by atoms with E-state index in [-0.39, 0.29) is 5.82 Å². The lowest BCUT2D eigenvalue weighted by Gasteiger charge is -2.33. The van der Waals surface area contributed by atoms with E-state index < -0.39 is 0 Å². The normalized spacial score (nSPS) is 15.5. The molecule has 0 unspecified atom stereocenters. The highest BCUT2D eigenvalue weighted by Gasteiger charge is 2.15. The summed E-state index contributed by atoms with van der Waals surface area (Å²) < 4.78 is 13.0. The number of rotatable bonds is 3. The summed E-state index contributed by atoms with van der Waals surface area (Å²) in [7, 11) is 2.14. The van der Waals surface area contributed by atoms with Gasteiger partial charge in [0.15, 0.2) is 0 Å². The number of imidazole rings is 1. The summed E-state index contributed by atoms with van der Waals surface area (Å²) in [6, 6.07) is 10.4. The Morgan fingerprint density at radius 2 is 1.60 bits per heavy atom. The molecule has 6 heteroatoms. The maximum Gasteiger partial charge on any atom is 0.139 e. The number of aromatic amines is 1. The number of nitrogens with one attached hydrogen (secondary N) is 1. The van der Waals surface area contributed by atoms with Gasteiger partial charge in [-0.15, -0.1) is 0 Å². The highest BCUT2D eigenvalue weighted by Crippen LogP contribution is 2.23. The quantitative estimate of drug-likeness (QED) is 0.798. The van der Waals surface area contributed by atoms with Crippen molar-refractivity contribution in [3.8, 4) is 22.6 Å². The zero-order chi connectivity index (χ0) is 17.2. The van der Waals surface area contributed by atoms with Crippen molar-refractivity contribution in [2.75, 3.05) is 38.1 Å². The molecule has 25 heavy (non-hydrogen) atoms. The van der Waals surface area contributed by atoms with Crippen LogP contribution >= 0.6 is 0 Å². The first kappa shape index (κ1) is 15.8. The van der Waals surface area contributed by atoms with Gasteiger partial charge in [-0.05, 0) is 49.0 Å². The summed E-state index contributed by atoms with van der Waals surface area (Å²) in [5.41, 5.74) is 2.70. The van der Waals surface area contributed by atoms with Crippen molar-refractivity contribution >= 4 is 5.82 Å². The molecule has 1 saturated heterocycles. The lowest BCUT2D eigenvalue weighted by Crippen LogP contribution is -2.44. The second kappa shape index (κ2) is 6.64. The summed E-state index contributed by atoms with van der Waals surface area (Å²) in [6.07, 6.45) is 3.61. The third-order valence-electron chi connectivity index (χ3n) is 4.58. The van der Waals surface area contributed by atoms with Crippen LogP contribution in [0.3, 0.4) is 0 Å². The van der Waals surface area contributed by atoms with Crippen LogP contribution in [-0.2, 0) is 0 Å². The minimum Gasteiger partial charge on any atom is -0.354 e. The second-order valence-corrected chi connectivity index (χ2v) is 6.35. The lowest BCUT2D eigenvalue weighted by atomic mass is 10.2. The highest BCUT2D eigenvalue weighted by molar-refractivity contribution is 5.64. The first-order chi connectivity index (χ1) is 12.2. The molecule has 0 bridgehead atoms. The fourth-order valence-electron chi connectivity index (χ4n) is 2.99. The lowest BCUT2D eigenvalue weighted by molar-refractivity contribution is 0.312. The van der Waals surface area contributed by atoms with Crippen LogP contribution in [0, 0.1) is 5.82 Å². The first-order valence-corrected chi connectivity index (χ1v) is 8.40. The minimum atomic E-state index is -0.243. The molecule has 1 N–H and O–H groups in total. The fourth-order valence-corrected chi connectivity index (χ4v) is 2.99. The zero-order valence-electron chi connectivity index (χ0n) is 14.1. The molecule has 0 amide bonds. The Balaban J connectivity index is 1.51. The molecule has 0 saturated carbocycles. The number of hydrogen-bond donors (Lipinski definition) is 1. The van der Waals surface area contributed by atoms with Gasteiger partial charge >= 0.3 is 0 Å². The molecule has 0 aliphatic carbocycles. The van der Waals surface area contributed by atoms with Crippen molar-refractivity contribution in [1.29, 1.82) is 0 Å². The molecule has 5 nitrogen and oxygen atoms in total. The largest absolute Gasteiger partial charge is 0.354 e. The number of H-pyrrole nitrogens is 1. The molecule has 0 radical (unpaired) electrons. The number of piperazine rings is 1. The van der Waals surface area contributed by atoms with Crippen LogP contribution < -0.4 is 4.90 Å². The van der Waals surface area contributed by atoms with Crippen LogP contribution in [0.1, 0.15) is 0 Å². The van der Waals surface area contributed by atoms with E-state index in [4.69, 9.17) is 0 Å². The van der Waals surface area contributed by atoms with E-state index in [2.05, 4.69) is 31.8 Å². The Bertz CT molecular complexity index is 833. The third kappa shape index (κ3) is 3.39. The number of anilines is 1. The number of benzene rings is 1. The van der Waals surface area contributed by atoms with E-state index in [1.807, 2.05) is 18.3 Å². The van der Waals surface area contributed by atoms with Gasteiger partial charge in [-0.3, -0.25) is 0 Å². The average Bonchev–Trinajstić information content (AvgIpc) is 3.13. The number of pyridine rings is 1. The molecule has 0 atom stereocenters. The second-order valence-electron chi connectivity index (χ2n) is 6.35. The van der Waals surface area contributed by atoms with Gasteiger partial charge in [0.1, 0.15) is 17.5 Å². The zero-order valence-corrected chi connectivity index (χ0v) is 14.1. The van der Waals surface area contributed by atoms with E-state index in [1.165, 1.54) is 12.1 Å². The number of nitrogens with zero attached hydrogens (tertiary/aromatic N) is 4. The molecule has 3 heterocycles. The molecule has 4 rings (SSSR count). The van der Waals surface area contributed by atoms with Gasteiger partial charge in [-0.25, -0.2) is 14.4 Å². The van der Waals surface area contributed by atoms with E-state index in [0.29, 0.717) is 0 Å². The van der Waals surface area contributed by atoms with Gasteiger partial charge in [0.25, 0.3) is 0 Å². The molecule has 3 aromatic rings. The molecule has 2 aromatic heterocycles. The first-order valence-electron chi connectivity index (χ1n) is 8.40. The van der Waals surface area contributed by atoms with Crippen LogP contribution in [0.2, 0.25) is 0 Å². The van der Waals surface area contributed by atoms with Gasteiger partial charge in [0.05, 0.1) is 11.9 Å². The number of aromatic nitrogens is 3. The maximum atomic E-state index is 13.0. The van der Waals surface area contributed by atoms with Crippen molar-refractivity contribution in [2.24, 2.45) is 0 Å². The van der Waals surface area contributed by atoms with Crippen LogP contribution in [-0.4, -0.2) is 53.1 Å². The topological polar surface area (TPSA) is 48.0 Å². The summed E-state index contributed by atoms with van der Waals surface area (Å²) in [4.78, 5) is 16.9. The molecule has 1 fully saturated rings. The smallest absolute Gasteiger partial charge is 0.139 e. The standard InChI is InChI=1S/C19H20FN5/c1-24-8-10-25(11-9-24)18-7-4-15(12-21-18)19-22-13-17(23-19)14-2-5-16(20)6-3-14/h2-7,12-13H,8-11H2,1H3,(H,22,23). The Labute approximate surface area is 146 Å². The Hall–Kier alpha value is -2.73. The fraction of sp³-hybridized carbons (Fsp3) is 0.263. The van der Waals surface area contributed by atoms with E-state index in [0.717, 1.165) is 54.6 Å². The van der Waals surface area contributed by atoms with Crippen LogP contribution in [0.25, 0.3) is 22.6 Å². The summed E-state index contributed by atoms with van der Waals surface area (Å²) in [6.45, 7) is 4.11. The molecule has 128 valence electrons. The van der Waals surface area contributed by atoms with Crippen molar-refractivity contribution in [3.63, 3.8) is 0 Å². The molecule has 1 aliphatic heterocycles. The van der Waals surface area contributed by atoms with Gasteiger partial charge in [-0.1, -0.05) is 0 Å². The summed E-state index contributed by atoms with van der Waals surface area (Å²) >= 11 is 0. The predicted molar refractivity (Wildman–Crippen MR) is 96.9 cm³/mol. The minimum absolute atomic E-state index is 0.243. The average molecular weight is 337 g/mol. The SMILES string of the molecule is CN1CCN(c2ccc(-c3ncc(-c4ccc(F)cc4)[nH]3)cn2)CC1. The van der Waals surface area contributed by atoms with Gasteiger partial charge < -0.3 is 14.8 Å². The number of likely N-dealkylation sites (N-methyl/N-ethyl adjacent to an activating group) is 1. The molecule has 1 aromatic carbocycles. The summed E-state index contributed by atoms with van der Waals surface area (Å²) in [5, 5.41) is 0. The van der Waals surface area contributed by atoms with Gasteiger partial charge in [0.2, 0.25) is 0 Å². The van der Waals surface area contributed by atoms with Crippen LogP contribution in [0.5, 0.6) is 0 Å². The Morgan fingerprint density at radius 1 is 0.880 bits per heavy atom. The van der Waals surface area contributed by atoms with Crippen LogP contribution in [0.4, 0.5) is 10.2 Å². The van der Waals surface area contributed by atoms with Gasteiger partial charge in [0, 0.05) is 37.9 Å². The molecular weight excluding hydrogens is 317 g/mol. The van der Waals surface area contributed by atoms with Crippen molar-refractivity contribution < 1.29 is 4.39 Å². The Kier molecular flexibility index (Phi) is 4.19. The van der Waals surface area contributed by atoms with E-state index in [1.54, 1.807) is 18.3 Å². The monoisotopic (exact) mass is 337 g/mol. The van der Waals surface area contributed by atoms with E-state index >= 15 is 0 Å². The Morgan fingerprint density at radius 3 is 2.28 bits per heavy atom. The highest BCUT2D eigenvalue weighted by atomic mass is 19.1. The van der Waals surface area contributed by atoms with Crippen molar-refractivity contribution in [3.05, 3.63) is 54.6 Å².